The summed E-state index contributed by atoms with van der Waals surface area (Å²) < 4.78 is 0. The SMILES string of the molecule is O=C(C[C@@H]1Sc2ccccc2NC1=O)NNC(=S)NC1CCCC1. The molecule has 1 aliphatic heterocycles. The van der Waals surface area contributed by atoms with Gasteiger partial charge in [0.25, 0.3) is 0 Å². The van der Waals surface area contributed by atoms with E-state index in [-0.39, 0.29) is 18.2 Å². The van der Waals surface area contributed by atoms with E-state index in [2.05, 4.69) is 21.5 Å². The second-order valence-electron chi connectivity index (χ2n) is 5.92. The number of fused-ring (bicyclic) bond motifs is 1. The van der Waals surface area contributed by atoms with Crippen LogP contribution in [-0.4, -0.2) is 28.2 Å². The van der Waals surface area contributed by atoms with Crippen LogP contribution < -0.4 is 21.5 Å². The number of carbonyl (C=O) groups excluding carboxylic acids is 2. The molecular weight excluding hydrogens is 344 g/mol. The van der Waals surface area contributed by atoms with Gasteiger partial charge in [-0.05, 0) is 37.2 Å². The van der Waals surface area contributed by atoms with Crippen molar-refractivity contribution in [3.8, 4) is 0 Å². The van der Waals surface area contributed by atoms with Crippen molar-refractivity contribution >= 4 is 46.6 Å². The number of hydrogen-bond donors (Lipinski definition) is 4. The van der Waals surface area contributed by atoms with Gasteiger partial charge in [0, 0.05) is 17.4 Å². The van der Waals surface area contributed by atoms with E-state index in [0.717, 1.165) is 23.4 Å². The molecule has 0 spiro atoms. The molecule has 0 unspecified atom stereocenters. The van der Waals surface area contributed by atoms with E-state index in [1.54, 1.807) is 0 Å². The lowest BCUT2D eigenvalue weighted by molar-refractivity contribution is -0.124. The standard InChI is InChI=1S/C16H20N4O2S2/c21-14(19-20-16(23)17-10-5-1-2-6-10)9-13-15(22)18-11-7-3-4-8-12(11)24-13/h3-4,7-8,10,13H,1-2,5-6,9H2,(H,18,22)(H,19,21)(H2,17,20,23)/t13-/m0/s1. The molecule has 1 aromatic carbocycles. The van der Waals surface area contributed by atoms with Gasteiger partial charge in [0.15, 0.2) is 5.11 Å². The number of nitrogens with one attached hydrogen (secondary N) is 4. The lowest BCUT2D eigenvalue weighted by atomic mass is 10.2. The minimum atomic E-state index is -0.446. The molecule has 1 aromatic rings. The Hall–Kier alpha value is -1.80. The predicted octanol–water partition coefficient (Wildman–Crippen LogP) is 1.93. The molecule has 0 radical (unpaired) electrons. The van der Waals surface area contributed by atoms with E-state index >= 15 is 0 Å². The maximum Gasteiger partial charge on any atom is 0.240 e. The lowest BCUT2D eigenvalue weighted by Crippen LogP contribution is -2.50. The first-order valence-corrected chi connectivity index (χ1v) is 9.32. The topological polar surface area (TPSA) is 82.3 Å². The average molecular weight is 364 g/mol. The first kappa shape index (κ1) is 17.0. The Kier molecular flexibility index (Phi) is 5.57. The fourth-order valence-electron chi connectivity index (χ4n) is 2.86. The van der Waals surface area contributed by atoms with Gasteiger partial charge < -0.3 is 10.6 Å². The number of rotatable bonds is 3. The average Bonchev–Trinajstić information content (AvgIpc) is 3.06. The molecule has 8 heteroatoms. The Morgan fingerprint density at radius 3 is 2.79 bits per heavy atom. The summed E-state index contributed by atoms with van der Waals surface area (Å²) in [5.41, 5.74) is 6.07. The van der Waals surface area contributed by atoms with E-state index in [9.17, 15) is 9.59 Å². The number of anilines is 1. The zero-order valence-electron chi connectivity index (χ0n) is 13.1. The molecule has 0 aromatic heterocycles. The quantitative estimate of drug-likeness (QED) is 0.485. The summed E-state index contributed by atoms with van der Waals surface area (Å²) in [6, 6.07) is 7.96. The molecule has 2 amide bonds. The molecule has 1 atom stereocenters. The lowest BCUT2D eigenvalue weighted by Gasteiger charge is -2.23. The van der Waals surface area contributed by atoms with Crippen LogP contribution in [0.1, 0.15) is 32.1 Å². The maximum atomic E-state index is 12.1. The molecule has 2 aliphatic rings. The van der Waals surface area contributed by atoms with Crippen LogP contribution in [0.2, 0.25) is 0 Å². The number of para-hydroxylation sites is 1. The number of amides is 2. The third kappa shape index (κ3) is 4.39. The predicted molar refractivity (Wildman–Crippen MR) is 98.6 cm³/mol. The molecule has 1 heterocycles. The number of thiocarbonyl (C=S) groups is 1. The van der Waals surface area contributed by atoms with Crippen LogP contribution in [0.4, 0.5) is 5.69 Å². The van der Waals surface area contributed by atoms with Crippen molar-refractivity contribution in [2.45, 2.75) is 48.3 Å². The van der Waals surface area contributed by atoms with Crippen LogP contribution in [-0.2, 0) is 9.59 Å². The van der Waals surface area contributed by atoms with Crippen LogP contribution in [0.3, 0.4) is 0 Å². The van der Waals surface area contributed by atoms with Gasteiger partial charge in [0.1, 0.15) is 0 Å². The van der Waals surface area contributed by atoms with Crippen LogP contribution in [0.15, 0.2) is 29.2 Å². The number of hydrazine groups is 1. The smallest absolute Gasteiger partial charge is 0.240 e. The van der Waals surface area contributed by atoms with Crippen molar-refractivity contribution in [2.24, 2.45) is 0 Å². The zero-order chi connectivity index (χ0) is 16.9. The first-order chi connectivity index (χ1) is 11.6. The van der Waals surface area contributed by atoms with Crippen molar-refractivity contribution in [2.75, 3.05) is 5.32 Å². The second-order valence-corrected chi connectivity index (χ2v) is 7.58. The fourth-order valence-corrected chi connectivity index (χ4v) is 4.19. The number of hydrogen-bond acceptors (Lipinski definition) is 4. The first-order valence-electron chi connectivity index (χ1n) is 8.04. The highest BCUT2D eigenvalue weighted by molar-refractivity contribution is 8.01. The summed E-state index contributed by atoms with van der Waals surface area (Å²) in [6.45, 7) is 0. The van der Waals surface area contributed by atoms with Crippen LogP contribution in [0, 0.1) is 0 Å². The normalized spacial score (nSPS) is 20.0. The number of thioether (sulfide) groups is 1. The molecule has 24 heavy (non-hydrogen) atoms. The summed E-state index contributed by atoms with van der Waals surface area (Å²) >= 11 is 6.57. The van der Waals surface area contributed by atoms with Crippen LogP contribution >= 0.6 is 24.0 Å². The van der Waals surface area contributed by atoms with Gasteiger partial charge in [-0.25, -0.2) is 0 Å². The van der Waals surface area contributed by atoms with Crippen LogP contribution in [0.25, 0.3) is 0 Å². The number of carbonyl (C=O) groups is 2. The molecule has 0 bridgehead atoms. The Morgan fingerprint density at radius 1 is 1.25 bits per heavy atom. The monoisotopic (exact) mass is 364 g/mol. The molecule has 1 fully saturated rings. The summed E-state index contributed by atoms with van der Waals surface area (Å²) in [4.78, 5) is 25.1. The molecule has 0 saturated heterocycles. The molecule has 1 aliphatic carbocycles. The summed E-state index contributed by atoms with van der Waals surface area (Å²) in [5, 5.41) is 5.98. The van der Waals surface area contributed by atoms with E-state index in [0.29, 0.717) is 11.2 Å². The fraction of sp³-hybridized carbons (Fsp3) is 0.438. The van der Waals surface area contributed by atoms with E-state index in [1.165, 1.54) is 24.6 Å². The molecule has 3 rings (SSSR count). The molecular formula is C16H20N4O2S2. The second kappa shape index (κ2) is 7.85. The largest absolute Gasteiger partial charge is 0.359 e. The summed E-state index contributed by atoms with van der Waals surface area (Å²) in [6.07, 6.45) is 4.72. The Labute approximate surface area is 150 Å². The van der Waals surface area contributed by atoms with Crippen LogP contribution in [0.5, 0.6) is 0 Å². The van der Waals surface area contributed by atoms with E-state index in [1.807, 2.05) is 24.3 Å². The molecule has 6 nitrogen and oxygen atoms in total. The minimum Gasteiger partial charge on any atom is -0.359 e. The highest BCUT2D eigenvalue weighted by Gasteiger charge is 2.28. The maximum absolute atomic E-state index is 12.1. The van der Waals surface area contributed by atoms with Crippen molar-refractivity contribution in [3.05, 3.63) is 24.3 Å². The van der Waals surface area contributed by atoms with Gasteiger partial charge in [0.2, 0.25) is 11.8 Å². The van der Waals surface area contributed by atoms with Crippen molar-refractivity contribution < 1.29 is 9.59 Å². The highest BCUT2D eigenvalue weighted by Crippen LogP contribution is 2.36. The van der Waals surface area contributed by atoms with Gasteiger partial charge in [-0.3, -0.25) is 20.4 Å². The van der Waals surface area contributed by atoms with E-state index < -0.39 is 5.25 Å². The minimum absolute atomic E-state index is 0.0872. The van der Waals surface area contributed by atoms with Crippen molar-refractivity contribution in [3.63, 3.8) is 0 Å². The Morgan fingerprint density at radius 2 is 2.00 bits per heavy atom. The van der Waals surface area contributed by atoms with Gasteiger partial charge in [-0.15, -0.1) is 11.8 Å². The van der Waals surface area contributed by atoms with Gasteiger partial charge in [-0.2, -0.15) is 0 Å². The van der Waals surface area contributed by atoms with Crippen molar-refractivity contribution in [1.29, 1.82) is 0 Å². The summed E-state index contributed by atoms with van der Waals surface area (Å²) in [5.74, 6) is -0.418. The van der Waals surface area contributed by atoms with E-state index in [4.69, 9.17) is 12.2 Å². The van der Waals surface area contributed by atoms with Gasteiger partial charge in [0.05, 0.1) is 10.9 Å². The van der Waals surface area contributed by atoms with Crippen molar-refractivity contribution in [1.82, 2.24) is 16.2 Å². The Bertz CT molecular complexity index is 647. The summed E-state index contributed by atoms with van der Waals surface area (Å²) in [7, 11) is 0. The third-order valence-corrected chi connectivity index (χ3v) is 5.58. The zero-order valence-corrected chi connectivity index (χ0v) is 14.8. The molecule has 128 valence electrons. The van der Waals surface area contributed by atoms with Gasteiger partial charge >= 0.3 is 0 Å². The third-order valence-electron chi connectivity index (χ3n) is 4.08. The number of benzene rings is 1. The molecule has 4 N–H and O–H groups in total. The highest BCUT2D eigenvalue weighted by atomic mass is 32.2. The molecule has 1 saturated carbocycles. The Balaban J connectivity index is 1.45. The van der Waals surface area contributed by atoms with Gasteiger partial charge in [-0.1, -0.05) is 25.0 Å².